The van der Waals surface area contributed by atoms with Gasteiger partial charge in [0.2, 0.25) is 0 Å². The molecular weight excluding hydrogens is 489 g/mol. The molecule has 0 spiro atoms. The third-order valence-corrected chi connectivity index (χ3v) is 4.41. The Bertz CT molecular complexity index is 645. The van der Waals surface area contributed by atoms with Crippen LogP contribution in [0.5, 0.6) is 0 Å². The Morgan fingerprint density at radius 3 is 1.69 bits per heavy atom. The standard InChI is InChI=1S/C15H16F13NO3/c16-10(17,2-6-32-9(30)1-3-29-4-7-31-8-5-29)11(18,19)12(20,21)13(22,23)14(24,25)15(26,27)28/h1-8H2. The minimum absolute atomic E-state index is 0.0194. The molecule has 17 heteroatoms. The minimum atomic E-state index is -7.94. The van der Waals surface area contributed by atoms with Gasteiger partial charge in [0.1, 0.15) is 0 Å². The number of halogens is 13. The summed E-state index contributed by atoms with van der Waals surface area (Å²) in [6, 6.07) is 0. The molecule has 0 aromatic rings. The number of ether oxygens (including phenoxy) is 2. The fourth-order valence-electron chi connectivity index (χ4n) is 2.40. The van der Waals surface area contributed by atoms with Crippen molar-refractivity contribution in [1.82, 2.24) is 4.90 Å². The predicted molar refractivity (Wildman–Crippen MR) is 78.2 cm³/mol. The molecule has 0 aromatic carbocycles. The Balaban J connectivity index is 2.81. The van der Waals surface area contributed by atoms with Crippen molar-refractivity contribution in [3.05, 3.63) is 0 Å². The number of hydrogen-bond acceptors (Lipinski definition) is 4. The molecule has 0 amide bonds. The molecule has 0 saturated carbocycles. The molecule has 1 fully saturated rings. The Morgan fingerprint density at radius 1 is 0.750 bits per heavy atom. The summed E-state index contributed by atoms with van der Waals surface area (Å²) >= 11 is 0. The van der Waals surface area contributed by atoms with Crippen LogP contribution in [0.4, 0.5) is 57.1 Å². The fourth-order valence-corrected chi connectivity index (χ4v) is 2.40. The zero-order chi connectivity index (χ0) is 25.2. The van der Waals surface area contributed by atoms with Crippen LogP contribution in [0, 0.1) is 0 Å². The lowest BCUT2D eigenvalue weighted by Gasteiger charge is -2.39. The topological polar surface area (TPSA) is 38.8 Å². The first-order valence-electron chi connectivity index (χ1n) is 8.64. The minimum Gasteiger partial charge on any atom is -0.465 e. The van der Waals surface area contributed by atoms with Gasteiger partial charge in [0.15, 0.2) is 0 Å². The molecule has 1 saturated heterocycles. The molecule has 1 rings (SSSR count). The normalized spacial score (nSPS) is 18.0. The van der Waals surface area contributed by atoms with Crippen LogP contribution in [-0.2, 0) is 14.3 Å². The van der Waals surface area contributed by atoms with Crippen LogP contribution in [0.1, 0.15) is 12.8 Å². The summed E-state index contributed by atoms with van der Waals surface area (Å²) < 4.78 is 177. The Hall–Kier alpha value is -1.52. The number of nitrogens with zero attached hydrogens (tertiary/aromatic N) is 1. The van der Waals surface area contributed by atoms with E-state index in [2.05, 4.69) is 4.74 Å². The van der Waals surface area contributed by atoms with E-state index in [1.807, 2.05) is 0 Å². The van der Waals surface area contributed by atoms with E-state index in [1.165, 1.54) is 0 Å². The van der Waals surface area contributed by atoms with Crippen LogP contribution >= 0.6 is 0 Å². The average Bonchev–Trinajstić information content (AvgIpc) is 2.65. The van der Waals surface area contributed by atoms with Crippen LogP contribution in [0.25, 0.3) is 0 Å². The molecule has 1 aliphatic rings. The van der Waals surface area contributed by atoms with Crippen LogP contribution in [0.3, 0.4) is 0 Å². The third-order valence-electron chi connectivity index (χ3n) is 4.41. The monoisotopic (exact) mass is 505 g/mol. The van der Waals surface area contributed by atoms with Crippen molar-refractivity contribution in [3.8, 4) is 0 Å². The van der Waals surface area contributed by atoms with Gasteiger partial charge in [-0.15, -0.1) is 0 Å². The van der Waals surface area contributed by atoms with Gasteiger partial charge in [-0.2, -0.15) is 57.1 Å². The lowest BCUT2D eigenvalue weighted by molar-refractivity contribution is -0.440. The average molecular weight is 505 g/mol. The van der Waals surface area contributed by atoms with Crippen LogP contribution in [0.15, 0.2) is 0 Å². The number of rotatable bonds is 10. The summed E-state index contributed by atoms with van der Waals surface area (Å²) in [5.74, 6) is -38.5. The molecule has 0 radical (unpaired) electrons. The van der Waals surface area contributed by atoms with Crippen LogP contribution < -0.4 is 0 Å². The highest BCUT2D eigenvalue weighted by Gasteiger charge is 2.90. The van der Waals surface area contributed by atoms with E-state index in [-0.39, 0.29) is 6.54 Å². The largest absolute Gasteiger partial charge is 0.465 e. The van der Waals surface area contributed by atoms with E-state index in [4.69, 9.17) is 4.74 Å². The van der Waals surface area contributed by atoms with Gasteiger partial charge in [-0.3, -0.25) is 9.69 Å². The quantitative estimate of drug-likeness (QED) is 0.327. The van der Waals surface area contributed by atoms with Crippen LogP contribution in [0.2, 0.25) is 0 Å². The summed E-state index contributed by atoms with van der Waals surface area (Å²) in [5, 5.41) is 0. The van der Waals surface area contributed by atoms with Gasteiger partial charge in [0.25, 0.3) is 0 Å². The summed E-state index contributed by atoms with van der Waals surface area (Å²) in [5.41, 5.74) is 0. The molecule has 1 heterocycles. The highest BCUT2D eigenvalue weighted by molar-refractivity contribution is 5.69. The van der Waals surface area contributed by atoms with Crippen molar-refractivity contribution in [2.24, 2.45) is 0 Å². The van der Waals surface area contributed by atoms with Gasteiger partial charge in [0.05, 0.1) is 32.7 Å². The number of carbonyl (C=O) groups is 1. The second kappa shape index (κ2) is 9.38. The number of morpholine rings is 1. The number of alkyl halides is 13. The van der Waals surface area contributed by atoms with Crippen molar-refractivity contribution in [2.45, 2.75) is 48.6 Å². The van der Waals surface area contributed by atoms with Gasteiger partial charge in [0, 0.05) is 19.6 Å². The van der Waals surface area contributed by atoms with Gasteiger partial charge in [-0.1, -0.05) is 0 Å². The molecular formula is C15H16F13NO3. The third kappa shape index (κ3) is 5.34. The van der Waals surface area contributed by atoms with Crippen molar-refractivity contribution in [2.75, 3.05) is 39.5 Å². The zero-order valence-electron chi connectivity index (χ0n) is 15.7. The highest BCUT2D eigenvalue weighted by atomic mass is 19.4. The van der Waals surface area contributed by atoms with Gasteiger partial charge in [-0.05, 0) is 0 Å². The van der Waals surface area contributed by atoms with E-state index in [9.17, 15) is 61.9 Å². The highest BCUT2D eigenvalue weighted by Crippen LogP contribution is 2.60. The van der Waals surface area contributed by atoms with Crippen molar-refractivity contribution >= 4 is 5.97 Å². The summed E-state index contributed by atoms with van der Waals surface area (Å²) in [6.45, 7) is -0.286. The second-order valence-electron chi connectivity index (χ2n) is 6.67. The lowest BCUT2D eigenvalue weighted by atomic mass is 9.93. The predicted octanol–water partition coefficient (Wildman–Crippen LogP) is 4.38. The molecule has 32 heavy (non-hydrogen) atoms. The van der Waals surface area contributed by atoms with E-state index >= 15 is 0 Å². The maximum Gasteiger partial charge on any atom is 0.460 e. The Morgan fingerprint density at radius 2 is 1.22 bits per heavy atom. The molecule has 190 valence electrons. The van der Waals surface area contributed by atoms with Gasteiger partial charge in [-0.25, -0.2) is 0 Å². The second-order valence-corrected chi connectivity index (χ2v) is 6.67. The zero-order valence-corrected chi connectivity index (χ0v) is 15.7. The van der Waals surface area contributed by atoms with Crippen molar-refractivity contribution in [1.29, 1.82) is 0 Å². The molecule has 0 N–H and O–H groups in total. The molecule has 0 bridgehead atoms. The maximum absolute atomic E-state index is 13.5. The number of hydrogen-bond donors (Lipinski definition) is 0. The van der Waals surface area contributed by atoms with E-state index in [0.717, 1.165) is 0 Å². The SMILES string of the molecule is O=C(CCN1CCOCC1)OCCC(F)(F)C(F)(F)C(F)(F)C(F)(F)C(F)(F)C(F)(F)F. The maximum atomic E-state index is 13.5. The van der Waals surface area contributed by atoms with Gasteiger partial charge >= 0.3 is 41.8 Å². The van der Waals surface area contributed by atoms with E-state index in [1.54, 1.807) is 4.90 Å². The van der Waals surface area contributed by atoms with E-state index in [0.29, 0.717) is 26.3 Å². The first kappa shape index (κ1) is 28.5. The summed E-state index contributed by atoms with van der Waals surface area (Å²) in [6.07, 6.45) is -10.5. The smallest absolute Gasteiger partial charge is 0.460 e. The Kier molecular flexibility index (Phi) is 8.36. The van der Waals surface area contributed by atoms with Crippen molar-refractivity contribution in [3.63, 3.8) is 0 Å². The fraction of sp³-hybridized carbons (Fsp3) is 0.933. The number of carbonyl (C=O) groups excluding carboxylic acids is 1. The molecule has 0 unspecified atom stereocenters. The lowest BCUT2D eigenvalue weighted by Crippen LogP contribution is -2.70. The van der Waals surface area contributed by atoms with Crippen LogP contribution in [-0.4, -0.2) is 86.1 Å². The molecule has 0 atom stereocenters. The summed E-state index contributed by atoms with van der Waals surface area (Å²) in [7, 11) is 0. The van der Waals surface area contributed by atoms with E-state index < -0.39 is 61.2 Å². The molecule has 1 aliphatic heterocycles. The van der Waals surface area contributed by atoms with Crippen molar-refractivity contribution < 1.29 is 71.3 Å². The molecule has 0 aliphatic carbocycles. The first-order chi connectivity index (χ1) is 14.2. The van der Waals surface area contributed by atoms with Gasteiger partial charge < -0.3 is 9.47 Å². The number of esters is 1. The summed E-state index contributed by atoms with van der Waals surface area (Å²) in [4.78, 5) is 13.1. The molecule has 4 nitrogen and oxygen atoms in total. The first-order valence-corrected chi connectivity index (χ1v) is 8.64. The Labute approximate surface area is 171 Å². The molecule has 0 aromatic heterocycles.